The Hall–Kier alpha value is -0.450. The van der Waals surface area contributed by atoms with Crippen molar-refractivity contribution in [2.24, 2.45) is 0 Å². The summed E-state index contributed by atoms with van der Waals surface area (Å²) >= 11 is 12.8. The van der Waals surface area contributed by atoms with Gasteiger partial charge in [-0.15, -0.1) is 0 Å². The fourth-order valence-electron chi connectivity index (χ4n) is 1.27. The first-order valence-corrected chi connectivity index (χ1v) is 6.54. The molecular formula is C11H8Br2ClNO. The van der Waals surface area contributed by atoms with E-state index in [1.54, 1.807) is 6.26 Å². The lowest BCUT2D eigenvalue weighted by atomic mass is 10.3. The second-order valence-electron chi connectivity index (χ2n) is 3.15. The van der Waals surface area contributed by atoms with E-state index in [9.17, 15) is 0 Å². The van der Waals surface area contributed by atoms with Gasteiger partial charge in [0.25, 0.3) is 0 Å². The number of nitrogens with one attached hydrogen (secondary N) is 1. The molecule has 2 rings (SSSR count). The van der Waals surface area contributed by atoms with Crippen molar-refractivity contribution in [2.45, 2.75) is 6.54 Å². The Bertz CT molecular complexity index is 498. The molecule has 0 fully saturated rings. The van der Waals surface area contributed by atoms with Crippen molar-refractivity contribution >= 4 is 49.1 Å². The molecule has 1 aromatic heterocycles. The van der Waals surface area contributed by atoms with Crippen molar-refractivity contribution in [3.05, 3.63) is 50.3 Å². The van der Waals surface area contributed by atoms with E-state index in [4.69, 9.17) is 16.0 Å². The maximum atomic E-state index is 5.99. The molecule has 0 amide bonds. The molecule has 0 aliphatic carbocycles. The van der Waals surface area contributed by atoms with Crippen LogP contribution in [0.15, 0.2) is 43.9 Å². The van der Waals surface area contributed by atoms with Gasteiger partial charge in [0, 0.05) is 0 Å². The smallest absolute Gasteiger partial charge is 0.136 e. The second-order valence-corrected chi connectivity index (χ2v) is 5.20. The molecule has 0 spiro atoms. The summed E-state index contributed by atoms with van der Waals surface area (Å²) in [6.07, 6.45) is 1.65. The Labute approximate surface area is 115 Å². The van der Waals surface area contributed by atoms with Gasteiger partial charge in [-0.25, -0.2) is 0 Å². The SMILES string of the molecule is Clc1cccc(NCc2occc2Br)c1Br. The van der Waals surface area contributed by atoms with Crippen molar-refractivity contribution in [3.8, 4) is 0 Å². The van der Waals surface area contributed by atoms with Crippen molar-refractivity contribution in [1.82, 2.24) is 0 Å². The maximum Gasteiger partial charge on any atom is 0.136 e. The zero-order valence-electron chi connectivity index (χ0n) is 8.14. The number of hydrogen-bond acceptors (Lipinski definition) is 2. The maximum absolute atomic E-state index is 5.99. The third kappa shape index (κ3) is 2.62. The van der Waals surface area contributed by atoms with Crippen LogP contribution in [-0.4, -0.2) is 0 Å². The number of furan rings is 1. The molecule has 2 aromatic rings. The lowest BCUT2D eigenvalue weighted by Crippen LogP contribution is -1.99. The molecule has 1 N–H and O–H groups in total. The molecule has 1 aromatic carbocycles. The number of hydrogen-bond donors (Lipinski definition) is 1. The molecule has 0 unspecified atom stereocenters. The minimum atomic E-state index is 0.604. The average Bonchev–Trinajstić information content (AvgIpc) is 2.67. The fraction of sp³-hybridized carbons (Fsp3) is 0.0909. The Morgan fingerprint density at radius 3 is 2.75 bits per heavy atom. The van der Waals surface area contributed by atoms with Gasteiger partial charge < -0.3 is 9.73 Å². The minimum Gasteiger partial charge on any atom is -0.466 e. The van der Waals surface area contributed by atoms with Crippen LogP contribution in [0, 0.1) is 0 Å². The van der Waals surface area contributed by atoms with Gasteiger partial charge in [-0.1, -0.05) is 17.7 Å². The van der Waals surface area contributed by atoms with Crippen molar-refractivity contribution in [3.63, 3.8) is 0 Å². The molecule has 0 aliphatic rings. The zero-order valence-corrected chi connectivity index (χ0v) is 12.1. The summed E-state index contributed by atoms with van der Waals surface area (Å²) in [6, 6.07) is 7.54. The normalized spacial score (nSPS) is 10.4. The number of halogens is 3. The van der Waals surface area contributed by atoms with Crippen LogP contribution in [-0.2, 0) is 6.54 Å². The molecule has 0 saturated carbocycles. The lowest BCUT2D eigenvalue weighted by Gasteiger charge is -2.08. The lowest BCUT2D eigenvalue weighted by molar-refractivity contribution is 0.516. The molecule has 84 valence electrons. The quantitative estimate of drug-likeness (QED) is 0.821. The first kappa shape index (κ1) is 12.0. The van der Waals surface area contributed by atoms with E-state index in [1.807, 2.05) is 24.3 Å². The number of anilines is 1. The summed E-state index contributed by atoms with van der Waals surface area (Å²) in [5.41, 5.74) is 0.941. The van der Waals surface area contributed by atoms with E-state index in [2.05, 4.69) is 37.2 Å². The predicted molar refractivity (Wildman–Crippen MR) is 72.9 cm³/mol. The van der Waals surface area contributed by atoms with Crippen LogP contribution in [0.5, 0.6) is 0 Å². The molecule has 0 saturated heterocycles. The number of benzene rings is 1. The van der Waals surface area contributed by atoms with E-state index < -0.39 is 0 Å². The van der Waals surface area contributed by atoms with Crippen LogP contribution in [0.1, 0.15) is 5.76 Å². The first-order valence-electron chi connectivity index (χ1n) is 4.58. The molecule has 0 aliphatic heterocycles. The van der Waals surface area contributed by atoms with E-state index >= 15 is 0 Å². The van der Waals surface area contributed by atoms with Gasteiger partial charge in [-0.3, -0.25) is 0 Å². The second kappa shape index (κ2) is 5.25. The van der Waals surface area contributed by atoms with Crippen molar-refractivity contribution < 1.29 is 4.42 Å². The third-order valence-corrected chi connectivity index (χ3v) is 4.19. The highest BCUT2D eigenvalue weighted by Gasteiger charge is 2.06. The van der Waals surface area contributed by atoms with Gasteiger partial charge in [0.1, 0.15) is 5.76 Å². The van der Waals surface area contributed by atoms with Gasteiger partial charge in [0.15, 0.2) is 0 Å². The Balaban J connectivity index is 2.11. The largest absolute Gasteiger partial charge is 0.466 e. The van der Waals surface area contributed by atoms with Gasteiger partial charge in [0.2, 0.25) is 0 Å². The van der Waals surface area contributed by atoms with Crippen LogP contribution in [0.2, 0.25) is 5.02 Å². The van der Waals surface area contributed by atoms with Gasteiger partial charge in [-0.05, 0) is 50.1 Å². The summed E-state index contributed by atoms with van der Waals surface area (Å²) in [4.78, 5) is 0. The van der Waals surface area contributed by atoms with Crippen LogP contribution in [0.4, 0.5) is 5.69 Å². The Kier molecular flexibility index (Phi) is 3.95. The van der Waals surface area contributed by atoms with Gasteiger partial charge >= 0.3 is 0 Å². The van der Waals surface area contributed by atoms with Crippen LogP contribution in [0.3, 0.4) is 0 Å². The van der Waals surface area contributed by atoms with Crippen LogP contribution in [0.25, 0.3) is 0 Å². The van der Waals surface area contributed by atoms with Gasteiger partial charge in [0.05, 0.1) is 32.5 Å². The Morgan fingerprint density at radius 1 is 1.25 bits per heavy atom. The number of rotatable bonds is 3. The summed E-state index contributed by atoms with van der Waals surface area (Å²) < 4.78 is 7.12. The highest BCUT2D eigenvalue weighted by atomic mass is 79.9. The van der Waals surface area contributed by atoms with Crippen molar-refractivity contribution in [1.29, 1.82) is 0 Å². The van der Waals surface area contributed by atoms with Crippen molar-refractivity contribution in [2.75, 3.05) is 5.32 Å². The van der Waals surface area contributed by atoms with Gasteiger partial charge in [-0.2, -0.15) is 0 Å². The van der Waals surface area contributed by atoms with E-state index in [1.165, 1.54) is 0 Å². The standard InChI is InChI=1S/C11H8Br2ClNO/c12-7-4-5-16-10(7)6-15-9-3-1-2-8(14)11(9)13/h1-5,15H,6H2. The monoisotopic (exact) mass is 363 g/mol. The molecule has 2 nitrogen and oxygen atoms in total. The van der Waals surface area contributed by atoms with E-state index in [0.717, 1.165) is 20.4 Å². The summed E-state index contributed by atoms with van der Waals surface area (Å²) in [7, 11) is 0. The molecule has 5 heteroatoms. The predicted octanol–water partition coefficient (Wildman–Crippen LogP) is 5.07. The third-order valence-electron chi connectivity index (χ3n) is 2.08. The van der Waals surface area contributed by atoms with E-state index in [0.29, 0.717) is 11.6 Å². The first-order chi connectivity index (χ1) is 7.68. The highest BCUT2D eigenvalue weighted by molar-refractivity contribution is 9.11. The molecule has 0 atom stereocenters. The fourth-order valence-corrected chi connectivity index (χ4v) is 2.19. The average molecular weight is 365 g/mol. The molecule has 0 radical (unpaired) electrons. The summed E-state index contributed by atoms with van der Waals surface area (Å²) in [5, 5.41) is 3.93. The summed E-state index contributed by atoms with van der Waals surface area (Å²) in [6.45, 7) is 0.604. The molecule has 16 heavy (non-hydrogen) atoms. The van der Waals surface area contributed by atoms with Crippen LogP contribution < -0.4 is 5.32 Å². The zero-order chi connectivity index (χ0) is 11.5. The minimum absolute atomic E-state index is 0.604. The molecule has 0 bridgehead atoms. The topological polar surface area (TPSA) is 25.2 Å². The molecule has 1 heterocycles. The van der Waals surface area contributed by atoms with E-state index in [-0.39, 0.29) is 0 Å². The molecular weight excluding hydrogens is 357 g/mol. The van der Waals surface area contributed by atoms with Crippen LogP contribution >= 0.6 is 43.5 Å². The summed E-state index contributed by atoms with van der Waals surface area (Å²) in [5.74, 6) is 0.854. The Morgan fingerprint density at radius 2 is 2.06 bits per heavy atom. The highest BCUT2D eigenvalue weighted by Crippen LogP contribution is 2.30.